The number of piperidine rings is 1. The van der Waals surface area contributed by atoms with Crippen molar-refractivity contribution in [1.29, 1.82) is 0 Å². The van der Waals surface area contributed by atoms with Crippen molar-refractivity contribution in [2.45, 2.75) is 140 Å². The lowest BCUT2D eigenvalue weighted by molar-refractivity contribution is -0.154. The SMILES string of the molecule is CC(C)(C)OC(=O)CNC(=O)C1CCC(C2CNC(NC3CCC(OCCN4CCC5C(C4)NC4CCCCC45)CC3)NC2)CC1. The van der Waals surface area contributed by atoms with Crippen LogP contribution in [0, 0.1) is 29.6 Å². The highest BCUT2D eigenvalue weighted by molar-refractivity contribution is 5.83. The summed E-state index contributed by atoms with van der Waals surface area (Å²) in [6.45, 7) is 11.9. The van der Waals surface area contributed by atoms with Crippen LogP contribution in [-0.2, 0) is 19.1 Å². The predicted molar refractivity (Wildman–Crippen MR) is 180 cm³/mol. The zero-order valence-corrected chi connectivity index (χ0v) is 29.0. The summed E-state index contributed by atoms with van der Waals surface area (Å²) >= 11 is 0. The molecule has 0 bridgehead atoms. The molecule has 4 unspecified atom stereocenters. The van der Waals surface area contributed by atoms with Crippen LogP contribution in [0.15, 0.2) is 0 Å². The molecule has 1 amide bonds. The van der Waals surface area contributed by atoms with Crippen LogP contribution in [0.2, 0.25) is 0 Å². The minimum Gasteiger partial charge on any atom is -0.459 e. The number of carbonyl (C=O) groups excluding carboxylic acids is 2. The first kappa shape index (κ1) is 34.6. The molecule has 0 aromatic carbocycles. The summed E-state index contributed by atoms with van der Waals surface area (Å²) in [6, 6.07) is 2.05. The first-order valence-electron chi connectivity index (χ1n) is 19.0. The molecule has 5 N–H and O–H groups in total. The van der Waals surface area contributed by atoms with Gasteiger partial charge in [-0.2, -0.15) is 0 Å². The predicted octanol–water partition coefficient (Wildman–Crippen LogP) is 3.11. The van der Waals surface area contributed by atoms with E-state index in [1.807, 2.05) is 20.8 Å². The maximum Gasteiger partial charge on any atom is 0.325 e. The van der Waals surface area contributed by atoms with Gasteiger partial charge in [0, 0.05) is 50.2 Å². The lowest BCUT2D eigenvalue weighted by atomic mass is 9.75. The van der Waals surface area contributed by atoms with Crippen molar-refractivity contribution in [2.75, 3.05) is 45.9 Å². The Balaban J connectivity index is 0.799. The molecule has 10 heteroatoms. The molecule has 10 nitrogen and oxygen atoms in total. The maximum atomic E-state index is 12.6. The van der Waals surface area contributed by atoms with E-state index in [-0.39, 0.29) is 30.6 Å². The second kappa shape index (κ2) is 15.9. The molecule has 6 aliphatic rings. The Morgan fingerprint density at radius 1 is 0.826 bits per heavy atom. The summed E-state index contributed by atoms with van der Waals surface area (Å²) in [5.41, 5.74) is -0.533. The standard InChI is InChI=1S/C36H64N6O4/c1-36(2,3)46-33(43)22-37-34(44)25-10-8-24(9-11-25)26-20-38-35(39-21-26)40-27-12-14-28(15-13-27)45-19-18-42-17-16-30-29-6-4-5-7-31(29)41-32(30)23-42/h24-32,35,38-41H,4-23H2,1-3H3,(H,37,44). The Morgan fingerprint density at radius 2 is 1.54 bits per heavy atom. The maximum absolute atomic E-state index is 12.6. The van der Waals surface area contributed by atoms with E-state index in [4.69, 9.17) is 9.47 Å². The number of hydrogen-bond acceptors (Lipinski definition) is 9. The van der Waals surface area contributed by atoms with Crippen molar-refractivity contribution in [3.05, 3.63) is 0 Å². The van der Waals surface area contributed by atoms with Gasteiger partial charge in [0.25, 0.3) is 0 Å². The Kier molecular flexibility index (Phi) is 12.0. The molecule has 3 aliphatic carbocycles. The van der Waals surface area contributed by atoms with E-state index in [1.165, 1.54) is 58.0 Å². The summed E-state index contributed by atoms with van der Waals surface area (Å²) in [5.74, 6) is 2.71. The minimum atomic E-state index is -0.533. The fourth-order valence-corrected chi connectivity index (χ4v) is 9.73. The molecule has 4 atom stereocenters. The van der Waals surface area contributed by atoms with Crippen LogP contribution in [0.25, 0.3) is 0 Å². The van der Waals surface area contributed by atoms with E-state index in [0.717, 1.165) is 82.6 Å². The van der Waals surface area contributed by atoms with Gasteiger partial charge in [-0.1, -0.05) is 12.8 Å². The quantitative estimate of drug-likeness (QED) is 0.229. The molecule has 6 rings (SSSR count). The Morgan fingerprint density at radius 3 is 2.28 bits per heavy atom. The number of nitrogens with one attached hydrogen (secondary N) is 5. The van der Waals surface area contributed by atoms with Crippen molar-refractivity contribution in [1.82, 2.24) is 31.5 Å². The zero-order chi connectivity index (χ0) is 32.1. The van der Waals surface area contributed by atoms with Crippen molar-refractivity contribution in [3.8, 4) is 0 Å². The number of carbonyl (C=O) groups is 2. The van der Waals surface area contributed by atoms with E-state index in [0.29, 0.717) is 30.0 Å². The lowest BCUT2D eigenvalue weighted by Gasteiger charge is -2.40. The van der Waals surface area contributed by atoms with E-state index in [9.17, 15) is 9.59 Å². The number of rotatable bonds is 10. The summed E-state index contributed by atoms with van der Waals surface area (Å²) < 4.78 is 11.7. The van der Waals surface area contributed by atoms with Crippen molar-refractivity contribution < 1.29 is 19.1 Å². The highest BCUT2D eigenvalue weighted by Crippen LogP contribution is 2.41. The molecule has 0 aromatic rings. The number of hydrogen-bond donors (Lipinski definition) is 5. The molecule has 3 aliphatic heterocycles. The first-order chi connectivity index (χ1) is 22.2. The molecule has 3 saturated carbocycles. The molecule has 0 spiro atoms. The third-order valence-corrected chi connectivity index (χ3v) is 12.2. The third-order valence-electron chi connectivity index (χ3n) is 12.2. The highest BCUT2D eigenvalue weighted by Gasteiger charge is 2.45. The average molecular weight is 645 g/mol. The van der Waals surface area contributed by atoms with Gasteiger partial charge < -0.3 is 20.1 Å². The van der Waals surface area contributed by atoms with Crippen LogP contribution in [0.3, 0.4) is 0 Å². The van der Waals surface area contributed by atoms with Crippen LogP contribution in [-0.4, -0.2) is 98.8 Å². The van der Waals surface area contributed by atoms with Crippen molar-refractivity contribution in [2.24, 2.45) is 29.6 Å². The molecule has 262 valence electrons. The van der Waals surface area contributed by atoms with E-state index in [1.54, 1.807) is 0 Å². The van der Waals surface area contributed by atoms with Crippen LogP contribution in [0.4, 0.5) is 0 Å². The van der Waals surface area contributed by atoms with Gasteiger partial charge >= 0.3 is 5.97 Å². The van der Waals surface area contributed by atoms with E-state index >= 15 is 0 Å². The summed E-state index contributed by atoms with van der Waals surface area (Å²) in [4.78, 5) is 27.2. The largest absolute Gasteiger partial charge is 0.459 e. The Labute approximate surface area is 278 Å². The van der Waals surface area contributed by atoms with E-state index in [2.05, 4.69) is 31.5 Å². The second-order valence-electron chi connectivity index (χ2n) is 16.5. The zero-order valence-electron chi connectivity index (χ0n) is 29.0. The monoisotopic (exact) mass is 644 g/mol. The number of likely N-dealkylation sites (tertiary alicyclic amines) is 1. The number of ether oxygens (including phenoxy) is 2. The summed E-state index contributed by atoms with van der Waals surface area (Å²) in [5, 5.41) is 18.1. The topological polar surface area (TPSA) is 116 Å². The van der Waals surface area contributed by atoms with Gasteiger partial charge in [0.15, 0.2) is 0 Å². The van der Waals surface area contributed by atoms with Gasteiger partial charge in [-0.05, 0) is 122 Å². The molecule has 6 fully saturated rings. The summed E-state index contributed by atoms with van der Waals surface area (Å²) in [7, 11) is 0. The Bertz CT molecular complexity index is 983. The van der Waals surface area contributed by atoms with Gasteiger partial charge in [0.1, 0.15) is 18.4 Å². The average Bonchev–Trinajstić information content (AvgIpc) is 3.42. The molecule has 0 radical (unpaired) electrons. The molecule has 46 heavy (non-hydrogen) atoms. The van der Waals surface area contributed by atoms with Gasteiger partial charge in [-0.15, -0.1) is 0 Å². The fraction of sp³-hybridized carbons (Fsp3) is 0.944. The van der Waals surface area contributed by atoms with E-state index < -0.39 is 5.60 Å². The van der Waals surface area contributed by atoms with Crippen molar-refractivity contribution >= 4 is 11.9 Å². The molecular weight excluding hydrogens is 580 g/mol. The normalized spacial score (nSPS) is 38.8. The van der Waals surface area contributed by atoms with Gasteiger partial charge in [-0.3, -0.25) is 30.4 Å². The Hall–Kier alpha value is -1.30. The third kappa shape index (κ3) is 9.44. The molecule has 0 aromatic heterocycles. The molecule has 3 saturated heterocycles. The van der Waals surface area contributed by atoms with Crippen molar-refractivity contribution in [3.63, 3.8) is 0 Å². The van der Waals surface area contributed by atoms with Crippen LogP contribution >= 0.6 is 0 Å². The molecule has 3 heterocycles. The molecular formula is C36H64N6O4. The summed E-state index contributed by atoms with van der Waals surface area (Å²) in [6.07, 6.45) is 16.2. The van der Waals surface area contributed by atoms with Crippen LogP contribution in [0.1, 0.15) is 104 Å². The smallest absolute Gasteiger partial charge is 0.325 e. The number of esters is 1. The fourth-order valence-electron chi connectivity index (χ4n) is 9.73. The number of nitrogens with zero attached hydrogens (tertiary/aromatic N) is 1. The lowest BCUT2D eigenvalue weighted by Crippen LogP contribution is -2.63. The first-order valence-corrected chi connectivity index (χ1v) is 19.0. The van der Waals surface area contributed by atoms with Gasteiger partial charge in [0.05, 0.1) is 12.7 Å². The number of fused-ring (bicyclic) bond motifs is 3. The van der Waals surface area contributed by atoms with Gasteiger partial charge in [-0.25, -0.2) is 0 Å². The second-order valence-corrected chi connectivity index (χ2v) is 16.5. The van der Waals surface area contributed by atoms with Crippen LogP contribution < -0.4 is 26.6 Å². The highest BCUT2D eigenvalue weighted by atomic mass is 16.6. The van der Waals surface area contributed by atoms with Crippen LogP contribution in [0.5, 0.6) is 0 Å². The number of amides is 1. The minimum absolute atomic E-state index is 0.00265. The van der Waals surface area contributed by atoms with Gasteiger partial charge in [0.2, 0.25) is 5.91 Å².